The summed E-state index contributed by atoms with van der Waals surface area (Å²) in [6.07, 6.45) is 4.73. The molecule has 1 unspecified atom stereocenters. The van der Waals surface area contributed by atoms with Gasteiger partial charge < -0.3 is 10.6 Å². The van der Waals surface area contributed by atoms with Gasteiger partial charge in [0.05, 0.1) is 0 Å². The highest BCUT2D eigenvalue weighted by Gasteiger charge is 2.35. The molecule has 98 valence electrons. The van der Waals surface area contributed by atoms with Crippen LogP contribution in [0.15, 0.2) is 0 Å². The Morgan fingerprint density at radius 1 is 1.41 bits per heavy atom. The van der Waals surface area contributed by atoms with E-state index >= 15 is 0 Å². The van der Waals surface area contributed by atoms with Crippen molar-refractivity contribution in [3.05, 3.63) is 0 Å². The molecule has 1 atom stereocenters. The van der Waals surface area contributed by atoms with Crippen molar-refractivity contribution in [3.63, 3.8) is 0 Å². The van der Waals surface area contributed by atoms with Crippen molar-refractivity contribution in [2.75, 3.05) is 12.3 Å². The molecule has 17 heavy (non-hydrogen) atoms. The van der Waals surface area contributed by atoms with E-state index in [-0.39, 0.29) is 11.8 Å². The zero-order valence-corrected chi connectivity index (χ0v) is 11.5. The highest BCUT2D eigenvalue weighted by Crippen LogP contribution is 2.42. The molecule has 0 heterocycles. The molecule has 0 aliphatic heterocycles. The molecule has 0 spiro atoms. The van der Waals surface area contributed by atoms with Gasteiger partial charge in [-0.1, -0.05) is 13.3 Å². The number of rotatable bonds is 6. The molecule has 0 aromatic heterocycles. The van der Waals surface area contributed by atoms with Gasteiger partial charge in [0.1, 0.15) is 6.04 Å². The summed E-state index contributed by atoms with van der Waals surface area (Å²) in [7, 11) is 0. The second-order valence-corrected chi connectivity index (χ2v) is 5.23. The number of hydrogen-bond donors (Lipinski definition) is 3. The second kappa shape index (κ2) is 6.28. The maximum absolute atomic E-state index is 11.8. The molecule has 0 aromatic rings. The summed E-state index contributed by atoms with van der Waals surface area (Å²) in [4.78, 5) is 22.8. The van der Waals surface area contributed by atoms with Crippen LogP contribution in [0.2, 0.25) is 0 Å². The molecule has 0 aromatic carbocycles. The topological polar surface area (TPSA) is 58.2 Å². The molecule has 1 fully saturated rings. The van der Waals surface area contributed by atoms with Gasteiger partial charge in [0.2, 0.25) is 11.8 Å². The van der Waals surface area contributed by atoms with Crippen LogP contribution in [0.4, 0.5) is 0 Å². The molecule has 1 saturated carbocycles. The summed E-state index contributed by atoms with van der Waals surface area (Å²) in [6.45, 7) is 4.28. The van der Waals surface area contributed by atoms with E-state index in [2.05, 4.69) is 30.2 Å². The SMILES string of the molecule is CCC1(CNC(=O)C(CS)NC(C)=O)CCC1. The molecule has 0 saturated heterocycles. The number of hydrogen-bond acceptors (Lipinski definition) is 3. The van der Waals surface area contributed by atoms with Crippen molar-refractivity contribution < 1.29 is 9.59 Å². The van der Waals surface area contributed by atoms with Gasteiger partial charge in [-0.15, -0.1) is 0 Å². The van der Waals surface area contributed by atoms with Crippen LogP contribution in [0.5, 0.6) is 0 Å². The lowest BCUT2D eigenvalue weighted by atomic mass is 9.67. The molecule has 1 rings (SSSR count). The third-order valence-corrected chi connectivity index (χ3v) is 4.04. The van der Waals surface area contributed by atoms with E-state index in [4.69, 9.17) is 0 Å². The monoisotopic (exact) mass is 258 g/mol. The fraction of sp³-hybridized carbons (Fsp3) is 0.833. The second-order valence-electron chi connectivity index (χ2n) is 4.86. The average Bonchev–Trinajstić information content (AvgIpc) is 2.24. The Bertz CT molecular complexity index is 285. The van der Waals surface area contributed by atoms with E-state index in [0.717, 1.165) is 6.42 Å². The maximum atomic E-state index is 11.8. The Hall–Kier alpha value is -0.710. The molecule has 0 radical (unpaired) electrons. The molecule has 2 N–H and O–H groups in total. The number of thiol groups is 1. The first-order valence-electron chi connectivity index (χ1n) is 6.18. The van der Waals surface area contributed by atoms with Gasteiger partial charge >= 0.3 is 0 Å². The summed E-state index contributed by atoms with van der Waals surface area (Å²) in [5.41, 5.74) is 0.299. The number of nitrogens with one attached hydrogen (secondary N) is 2. The highest BCUT2D eigenvalue weighted by atomic mass is 32.1. The Kier molecular flexibility index (Phi) is 5.31. The Balaban J connectivity index is 2.39. The maximum Gasteiger partial charge on any atom is 0.243 e. The van der Waals surface area contributed by atoms with Gasteiger partial charge in [-0.3, -0.25) is 9.59 Å². The van der Waals surface area contributed by atoms with Crippen molar-refractivity contribution in [2.24, 2.45) is 5.41 Å². The van der Waals surface area contributed by atoms with E-state index in [0.29, 0.717) is 17.7 Å². The molecule has 1 aliphatic carbocycles. The first-order valence-corrected chi connectivity index (χ1v) is 6.82. The fourth-order valence-electron chi connectivity index (χ4n) is 2.17. The van der Waals surface area contributed by atoms with Crippen molar-refractivity contribution in [1.29, 1.82) is 0 Å². The normalized spacial score (nSPS) is 19.0. The van der Waals surface area contributed by atoms with Gasteiger partial charge in [0.15, 0.2) is 0 Å². The van der Waals surface area contributed by atoms with Gasteiger partial charge in [-0.25, -0.2) is 0 Å². The van der Waals surface area contributed by atoms with Crippen LogP contribution in [-0.4, -0.2) is 30.2 Å². The summed E-state index contributed by atoms with van der Waals surface area (Å²) < 4.78 is 0. The third-order valence-electron chi connectivity index (χ3n) is 3.68. The van der Waals surface area contributed by atoms with Crippen LogP contribution < -0.4 is 10.6 Å². The first kappa shape index (κ1) is 14.4. The van der Waals surface area contributed by atoms with E-state index in [9.17, 15) is 9.59 Å². The smallest absolute Gasteiger partial charge is 0.243 e. The van der Waals surface area contributed by atoms with E-state index in [1.807, 2.05) is 0 Å². The Morgan fingerprint density at radius 2 is 2.06 bits per heavy atom. The van der Waals surface area contributed by atoms with Crippen molar-refractivity contribution in [2.45, 2.75) is 45.6 Å². The van der Waals surface area contributed by atoms with Crippen LogP contribution in [0.1, 0.15) is 39.5 Å². The van der Waals surface area contributed by atoms with Crippen LogP contribution in [0.25, 0.3) is 0 Å². The summed E-state index contributed by atoms with van der Waals surface area (Å²) >= 11 is 4.08. The van der Waals surface area contributed by atoms with Crippen molar-refractivity contribution in [1.82, 2.24) is 10.6 Å². The highest BCUT2D eigenvalue weighted by molar-refractivity contribution is 7.80. The lowest BCUT2D eigenvalue weighted by Gasteiger charge is -2.41. The lowest BCUT2D eigenvalue weighted by Crippen LogP contribution is -2.50. The van der Waals surface area contributed by atoms with E-state index < -0.39 is 6.04 Å². The molecule has 4 nitrogen and oxygen atoms in total. The minimum Gasteiger partial charge on any atom is -0.354 e. The largest absolute Gasteiger partial charge is 0.354 e. The molecular formula is C12H22N2O2S. The number of amides is 2. The summed E-state index contributed by atoms with van der Waals surface area (Å²) in [6, 6.07) is -0.523. The quantitative estimate of drug-likeness (QED) is 0.625. The Labute approximate surface area is 108 Å². The third kappa shape index (κ3) is 3.91. The van der Waals surface area contributed by atoms with Gasteiger partial charge in [-0.2, -0.15) is 12.6 Å². The zero-order chi connectivity index (χ0) is 12.9. The molecule has 1 aliphatic rings. The van der Waals surface area contributed by atoms with Crippen LogP contribution in [0, 0.1) is 5.41 Å². The molecule has 5 heteroatoms. The fourth-order valence-corrected chi connectivity index (χ4v) is 2.43. The predicted molar refractivity (Wildman–Crippen MR) is 71.0 cm³/mol. The molecule has 0 bridgehead atoms. The summed E-state index contributed by atoms with van der Waals surface area (Å²) in [5, 5.41) is 5.52. The number of carbonyl (C=O) groups is 2. The summed E-state index contributed by atoms with van der Waals surface area (Å²) in [5.74, 6) is -0.00663. The molecule has 2 amide bonds. The van der Waals surface area contributed by atoms with E-state index in [1.165, 1.54) is 26.2 Å². The number of carbonyl (C=O) groups excluding carboxylic acids is 2. The molecular weight excluding hydrogens is 236 g/mol. The van der Waals surface area contributed by atoms with Gasteiger partial charge in [0, 0.05) is 19.2 Å². The average molecular weight is 258 g/mol. The van der Waals surface area contributed by atoms with Gasteiger partial charge in [0.25, 0.3) is 0 Å². The van der Waals surface area contributed by atoms with Crippen LogP contribution in [-0.2, 0) is 9.59 Å². The minimum absolute atomic E-state index is 0.130. The predicted octanol–water partition coefficient (Wildman–Crippen LogP) is 1.12. The Morgan fingerprint density at radius 3 is 2.41 bits per heavy atom. The van der Waals surface area contributed by atoms with Gasteiger partial charge in [-0.05, 0) is 24.7 Å². The standard InChI is InChI=1S/C12H22N2O2S/c1-3-12(5-4-6-12)8-13-11(16)10(7-17)14-9(2)15/h10,17H,3-8H2,1-2H3,(H,13,16)(H,14,15). The van der Waals surface area contributed by atoms with E-state index in [1.54, 1.807) is 0 Å². The first-order chi connectivity index (χ1) is 8.03. The lowest BCUT2D eigenvalue weighted by molar-refractivity contribution is -0.128. The van der Waals surface area contributed by atoms with Crippen molar-refractivity contribution in [3.8, 4) is 0 Å². The van der Waals surface area contributed by atoms with Crippen molar-refractivity contribution >= 4 is 24.4 Å². The zero-order valence-electron chi connectivity index (χ0n) is 10.6. The van der Waals surface area contributed by atoms with Crippen LogP contribution >= 0.6 is 12.6 Å². The van der Waals surface area contributed by atoms with Crippen LogP contribution in [0.3, 0.4) is 0 Å². The minimum atomic E-state index is -0.523.